The monoisotopic (exact) mass is 376 g/mol. The molecule has 0 spiro atoms. The Morgan fingerprint density at radius 3 is 2.93 bits per heavy atom. The van der Waals surface area contributed by atoms with Gasteiger partial charge < -0.3 is 15.4 Å². The maximum absolute atomic E-state index is 12.6. The highest BCUT2D eigenvalue weighted by molar-refractivity contribution is 5.95. The molecule has 1 amide bonds. The molecular formula is C24H28N2O2. The molecule has 0 saturated heterocycles. The number of rotatable bonds is 5. The van der Waals surface area contributed by atoms with Gasteiger partial charge in [0.05, 0.1) is 13.2 Å². The molecule has 4 heteroatoms. The van der Waals surface area contributed by atoms with Crippen LogP contribution >= 0.6 is 0 Å². The molecule has 1 heterocycles. The van der Waals surface area contributed by atoms with Gasteiger partial charge in [-0.3, -0.25) is 4.79 Å². The predicted octanol–water partition coefficient (Wildman–Crippen LogP) is 5.05. The SMILES string of the molecule is CCC(C)NC(=O)c1ccc2c(c1)C1C=CCC1C(c1cccc(OC)c1)N2. The number of anilines is 1. The number of ether oxygens (including phenoxy) is 1. The third kappa shape index (κ3) is 3.39. The maximum atomic E-state index is 12.6. The normalized spacial score (nSPS) is 23.3. The molecule has 146 valence electrons. The predicted molar refractivity (Wildman–Crippen MR) is 113 cm³/mol. The maximum Gasteiger partial charge on any atom is 0.251 e. The van der Waals surface area contributed by atoms with E-state index < -0.39 is 0 Å². The van der Waals surface area contributed by atoms with Crippen molar-refractivity contribution in [2.24, 2.45) is 5.92 Å². The number of nitrogens with one attached hydrogen (secondary N) is 2. The highest BCUT2D eigenvalue weighted by Crippen LogP contribution is 2.50. The number of benzene rings is 2. The van der Waals surface area contributed by atoms with E-state index in [0.29, 0.717) is 11.8 Å². The number of hydrogen-bond acceptors (Lipinski definition) is 3. The Morgan fingerprint density at radius 1 is 1.29 bits per heavy atom. The summed E-state index contributed by atoms with van der Waals surface area (Å²) in [5.41, 5.74) is 4.30. The molecule has 4 atom stereocenters. The second-order valence-corrected chi connectivity index (χ2v) is 7.84. The second kappa shape index (κ2) is 7.70. The minimum Gasteiger partial charge on any atom is -0.497 e. The minimum atomic E-state index is 0.00518. The van der Waals surface area contributed by atoms with Crippen molar-refractivity contribution in [2.75, 3.05) is 12.4 Å². The van der Waals surface area contributed by atoms with Gasteiger partial charge in [0, 0.05) is 23.2 Å². The smallest absolute Gasteiger partial charge is 0.251 e. The molecular weight excluding hydrogens is 348 g/mol. The van der Waals surface area contributed by atoms with E-state index in [-0.39, 0.29) is 18.0 Å². The molecule has 2 aliphatic rings. The number of methoxy groups -OCH3 is 1. The second-order valence-electron chi connectivity index (χ2n) is 7.84. The lowest BCUT2D eigenvalue weighted by Crippen LogP contribution is -2.33. The van der Waals surface area contributed by atoms with Gasteiger partial charge in [-0.15, -0.1) is 0 Å². The number of allylic oxidation sites excluding steroid dienone is 2. The number of fused-ring (bicyclic) bond motifs is 3. The van der Waals surface area contributed by atoms with Crippen LogP contribution in [0, 0.1) is 5.92 Å². The first-order chi connectivity index (χ1) is 13.6. The van der Waals surface area contributed by atoms with Crippen LogP contribution in [0.5, 0.6) is 5.75 Å². The minimum absolute atomic E-state index is 0.00518. The fourth-order valence-corrected chi connectivity index (χ4v) is 4.31. The van der Waals surface area contributed by atoms with E-state index in [1.54, 1.807) is 7.11 Å². The van der Waals surface area contributed by atoms with Gasteiger partial charge in [-0.25, -0.2) is 0 Å². The third-order valence-electron chi connectivity index (χ3n) is 6.07. The first kappa shape index (κ1) is 18.6. The molecule has 1 aliphatic carbocycles. The summed E-state index contributed by atoms with van der Waals surface area (Å²) in [6.45, 7) is 4.11. The summed E-state index contributed by atoms with van der Waals surface area (Å²) in [5, 5.41) is 6.80. The molecule has 1 aliphatic heterocycles. The molecule has 0 aromatic heterocycles. The number of amides is 1. The number of carbonyl (C=O) groups is 1. The Kier molecular flexibility index (Phi) is 5.12. The van der Waals surface area contributed by atoms with Gasteiger partial charge in [-0.05, 0) is 67.1 Å². The van der Waals surface area contributed by atoms with Crippen molar-refractivity contribution in [1.29, 1.82) is 0 Å². The average molecular weight is 377 g/mol. The number of hydrogen-bond donors (Lipinski definition) is 2. The summed E-state index contributed by atoms with van der Waals surface area (Å²) < 4.78 is 5.42. The van der Waals surface area contributed by atoms with Crippen molar-refractivity contribution in [3.63, 3.8) is 0 Å². The van der Waals surface area contributed by atoms with E-state index in [2.05, 4.69) is 54.0 Å². The fourth-order valence-electron chi connectivity index (χ4n) is 4.31. The molecule has 2 aromatic carbocycles. The molecule has 0 radical (unpaired) electrons. The van der Waals surface area contributed by atoms with Gasteiger partial charge in [-0.2, -0.15) is 0 Å². The van der Waals surface area contributed by atoms with E-state index in [9.17, 15) is 4.79 Å². The lowest BCUT2D eigenvalue weighted by molar-refractivity contribution is 0.0939. The van der Waals surface area contributed by atoms with Crippen LogP contribution in [-0.4, -0.2) is 19.1 Å². The highest BCUT2D eigenvalue weighted by Gasteiger charge is 2.38. The largest absolute Gasteiger partial charge is 0.497 e. The Balaban J connectivity index is 1.66. The zero-order valence-corrected chi connectivity index (χ0v) is 16.7. The van der Waals surface area contributed by atoms with Gasteiger partial charge >= 0.3 is 0 Å². The van der Waals surface area contributed by atoms with Crippen molar-refractivity contribution < 1.29 is 9.53 Å². The van der Waals surface area contributed by atoms with E-state index in [0.717, 1.165) is 29.8 Å². The summed E-state index contributed by atoms with van der Waals surface area (Å²) in [7, 11) is 1.70. The van der Waals surface area contributed by atoms with Crippen LogP contribution in [0.2, 0.25) is 0 Å². The molecule has 2 aromatic rings. The molecule has 0 fully saturated rings. The van der Waals surface area contributed by atoms with Crippen LogP contribution in [0.15, 0.2) is 54.6 Å². The van der Waals surface area contributed by atoms with Crippen LogP contribution in [0.1, 0.15) is 60.1 Å². The van der Waals surface area contributed by atoms with Crippen molar-refractivity contribution in [1.82, 2.24) is 5.32 Å². The summed E-state index contributed by atoms with van der Waals surface area (Å²) >= 11 is 0. The van der Waals surface area contributed by atoms with Crippen LogP contribution in [0.4, 0.5) is 5.69 Å². The van der Waals surface area contributed by atoms with Crippen LogP contribution in [-0.2, 0) is 0 Å². The zero-order chi connectivity index (χ0) is 19.7. The van der Waals surface area contributed by atoms with Gasteiger partial charge in [0.1, 0.15) is 5.75 Å². The van der Waals surface area contributed by atoms with Crippen molar-refractivity contribution in [3.8, 4) is 5.75 Å². The van der Waals surface area contributed by atoms with Gasteiger partial charge in [0.25, 0.3) is 5.91 Å². The quantitative estimate of drug-likeness (QED) is 0.718. The summed E-state index contributed by atoms with van der Waals surface area (Å²) in [4.78, 5) is 12.6. The molecule has 0 bridgehead atoms. The van der Waals surface area contributed by atoms with Crippen LogP contribution in [0.25, 0.3) is 0 Å². The molecule has 2 N–H and O–H groups in total. The standard InChI is InChI=1S/C24H28N2O2/c1-4-15(2)25-24(27)17-11-12-22-21(14-17)19-9-6-10-20(19)23(26-22)16-7-5-8-18(13-16)28-3/h5-9,11-15,19-20,23,26H,4,10H2,1-3H3,(H,25,27). The van der Waals surface area contributed by atoms with Gasteiger partial charge in [-0.1, -0.05) is 31.2 Å². The lowest BCUT2D eigenvalue weighted by atomic mass is 9.76. The topological polar surface area (TPSA) is 50.4 Å². The fraction of sp³-hybridized carbons (Fsp3) is 0.375. The Labute approximate surface area is 167 Å². The van der Waals surface area contributed by atoms with Gasteiger partial charge in [0.15, 0.2) is 0 Å². The first-order valence-electron chi connectivity index (χ1n) is 10.1. The summed E-state index contributed by atoms with van der Waals surface area (Å²) in [6, 6.07) is 14.7. The summed E-state index contributed by atoms with van der Waals surface area (Å²) in [6.07, 6.45) is 6.52. The molecule has 4 unspecified atom stereocenters. The molecule has 28 heavy (non-hydrogen) atoms. The third-order valence-corrected chi connectivity index (χ3v) is 6.07. The highest BCUT2D eigenvalue weighted by atomic mass is 16.5. The zero-order valence-electron chi connectivity index (χ0n) is 16.7. The van der Waals surface area contributed by atoms with Crippen LogP contribution in [0.3, 0.4) is 0 Å². The first-order valence-corrected chi connectivity index (χ1v) is 10.1. The lowest BCUT2D eigenvalue weighted by Gasteiger charge is -2.37. The van der Waals surface area contributed by atoms with Crippen molar-refractivity contribution in [3.05, 3.63) is 71.3 Å². The molecule has 0 saturated carbocycles. The Bertz CT molecular complexity index is 905. The Hall–Kier alpha value is -2.75. The van der Waals surface area contributed by atoms with Crippen molar-refractivity contribution >= 4 is 11.6 Å². The summed E-state index contributed by atoms with van der Waals surface area (Å²) in [5.74, 6) is 1.64. The van der Waals surface area contributed by atoms with Crippen LogP contribution < -0.4 is 15.4 Å². The van der Waals surface area contributed by atoms with Gasteiger partial charge in [0.2, 0.25) is 0 Å². The van der Waals surface area contributed by atoms with E-state index in [4.69, 9.17) is 4.74 Å². The van der Waals surface area contributed by atoms with E-state index >= 15 is 0 Å². The molecule has 4 rings (SSSR count). The number of carbonyl (C=O) groups excluding carboxylic acids is 1. The van der Waals surface area contributed by atoms with Crippen molar-refractivity contribution in [2.45, 2.75) is 44.7 Å². The van der Waals surface area contributed by atoms with E-state index in [1.165, 1.54) is 11.1 Å². The Morgan fingerprint density at radius 2 is 2.14 bits per heavy atom. The average Bonchev–Trinajstić information content (AvgIpc) is 3.23. The van der Waals surface area contributed by atoms with E-state index in [1.807, 2.05) is 25.1 Å². The molecule has 4 nitrogen and oxygen atoms in total.